The molecule has 1 unspecified atom stereocenters. The van der Waals surface area contributed by atoms with Crippen LogP contribution in [0, 0.1) is 5.82 Å². The molecule has 1 fully saturated rings. The van der Waals surface area contributed by atoms with E-state index in [-0.39, 0.29) is 30.0 Å². The Morgan fingerprint density at radius 2 is 2.15 bits per heavy atom. The van der Waals surface area contributed by atoms with E-state index in [2.05, 4.69) is 5.32 Å². The van der Waals surface area contributed by atoms with E-state index >= 15 is 0 Å². The van der Waals surface area contributed by atoms with Crippen LogP contribution < -0.4 is 10.2 Å². The molecule has 1 saturated heterocycles. The molecule has 106 valence electrons. The number of Topliss-reactive ketones (excluding diaryl/α,β-unsaturated/α-hetero) is 1. The summed E-state index contributed by atoms with van der Waals surface area (Å²) in [7, 11) is 0. The van der Waals surface area contributed by atoms with Crippen LogP contribution in [0.3, 0.4) is 0 Å². The summed E-state index contributed by atoms with van der Waals surface area (Å²) in [5.41, 5.74) is 0.271. The maximum Gasteiger partial charge on any atom is 0.405 e. The zero-order chi connectivity index (χ0) is 14.9. The Labute approximate surface area is 114 Å². The van der Waals surface area contributed by atoms with Gasteiger partial charge in [-0.15, -0.1) is 0 Å². The van der Waals surface area contributed by atoms with E-state index in [0.717, 1.165) is 6.07 Å². The van der Waals surface area contributed by atoms with Crippen molar-refractivity contribution in [1.29, 1.82) is 0 Å². The first-order chi connectivity index (χ1) is 9.40. The topological polar surface area (TPSA) is 86.7 Å². The first kappa shape index (κ1) is 14.0. The number of amides is 2. The molecule has 0 aliphatic carbocycles. The van der Waals surface area contributed by atoms with E-state index < -0.39 is 23.9 Å². The predicted molar refractivity (Wildman–Crippen MR) is 68.3 cm³/mol. The van der Waals surface area contributed by atoms with E-state index in [1.54, 1.807) is 0 Å². The summed E-state index contributed by atoms with van der Waals surface area (Å²) < 4.78 is 13.9. The van der Waals surface area contributed by atoms with Gasteiger partial charge in [0.05, 0.1) is 5.69 Å². The Kier molecular flexibility index (Phi) is 3.69. The van der Waals surface area contributed by atoms with Crippen LogP contribution in [-0.4, -0.2) is 35.5 Å². The SMILES string of the molecule is CC(=O)c1ccc(N2CCC(NC(=O)O)C2=O)c(F)c1. The van der Waals surface area contributed by atoms with Gasteiger partial charge in [-0.3, -0.25) is 9.59 Å². The van der Waals surface area contributed by atoms with Crippen molar-refractivity contribution < 1.29 is 23.9 Å². The van der Waals surface area contributed by atoms with E-state index in [4.69, 9.17) is 5.11 Å². The Morgan fingerprint density at radius 3 is 2.70 bits per heavy atom. The fourth-order valence-electron chi connectivity index (χ4n) is 2.15. The number of anilines is 1. The molecular weight excluding hydrogens is 267 g/mol. The van der Waals surface area contributed by atoms with Crippen LogP contribution in [0.1, 0.15) is 23.7 Å². The van der Waals surface area contributed by atoms with Gasteiger partial charge in [0, 0.05) is 12.1 Å². The highest BCUT2D eigenvalue weighted by Crippen LogP contribution is 2.25. The van der Waals surface area contributed by atoms with Crippen molar-refractivity contribution in [1.82, 2.24) is 5.32 Å². The molecule has 20 heavy (non-hydrogen) atoms. The molecule has 6 nitrogen and oxygen atoms in total. The van der Waals surface area contributed by atoms with E-state index in [0.29, 0.717) is 0 Å². The third-order valence-corrected chi connectivity index (χ3v) is 3.15. The molecule has 1 aromatic rings. The van der Waals surface area contributed by atoms with Gasteiger partial charge >= 0.3 is 6.09 Å². The largest absolute Gasteiger partial charge is 0.465 e. The lowest BCUT2D eigenvalue weighted by molar-refractivity contribution is -0.118. The Morgan fingerprint density at radius 1 is 1.45 bits per heavy atom. The van der Waals surface area contributed by atoms with E-state index in [1.165, 1.54) is 24.0 Å². The predicted octanol–water partition coefficient (Wildman–Crippen LogP) is 1.40. The maximum atomic E-state index is 13.9. The summed E-state index contributed by atoms with van der Waals surface area (Å²) in [6.07, 6.45) is -1.02. The molecule has 0 bridgehead atoms. The van der Waals surface area contributed by atoms with E-state index in [9.17, 15) is 18.8 Å². The number of benzene rings is 1. The summed E-state index contributed by atoms with van der Waals surface area (Å²) in [6, 6.07) is 3.00. The standard InChI is InChI=1S/C13H13FN2O4/c1-7(17)8-2-3-11(9(14)6-8)16-5-4-10(12(16)18)15-13(19)20/h2-3,6,10,15H,4-5H2,1H3,(H,19,20). The molecule has 0 spiro atoms. The molecule has 2 amide bonds. The minimum absolute atomic E-state index is 0.0506. The minimum Gasteiger partial charge on any atom is -0.465 e. The number of hydrogen-bond donors (Lipinski definition) is 2. The first-order valence-corrected chi connectivity index (χ1v) is 6.01. The molecule has 2 rings (SSSR count). The number of halogens is 1. The van der Waals surface area contributed by atoms with E-state index in [1.807, 2.05) is 0 Å². The first-order valence-electron chi connectivity index (χ1n) is 6.01. The van der Waals surface area contributed by atoms with Gasteiger partial charge in [-0.25, -0.2) is 9.18 Å². The smallest absolute Gasteiger partial charge is 0.405 e. The summed E-state index contributed by atoms with van der Waals surface area (Å²) >= 11 is 0. The molecule has 0 radical (unpaired) electrons. The van der Waals surface area contributed by atoms with Crippen LogP contribution in [0.15, 0.2) is 18.2 Å². The number of carboxylic acid groups (broad SMARTS) is 1. The van der Waals surface area contributed by atoms with Gasteiger partial charge in [0.1, 0.15) is 11.9 Å². The van der Waals surface area contributed by atoms with Crippen molar-refractivity contribution in [2.24, 2.45) is 0 Å². The van der Waals surface area contributed by atoms with Crippen molar-refractivity contribution in [3.05, 3.63) is 29.6 Å². The van der Waals surface area contributed by atoms with Crippen LogP contribution in [-0.2, 0) is 4.79 Å². The lowest BCUT2D eigenvalue weighted by Gasteiger charge is -2.17. The van der Waals surface area contributed by atoms with Crippen LogP contribution >= 0.6 is 0 Å². The second-order valence-corrected chi connectivity index (χ2v) is 4.50. The number of carbonyl (C=O) groups excluding carboxylic acids is 2. The third kappa shape index (κ3) is 2.61. The van der Waals surface area contributed by atoms with Gasteiger partial charge < -0.3 is 15.3 Å². The number of ketones is 1. The van der Waals surface area contributed by atoms with Crippen molar-refractivity contribution in [3.63, 3.8) is 0 Å². The van der Waals surface area contributed by atoms with Crippen LogP contribution in [0.4, 0.5) is 14.9 Å². The fourth-order valence-corrected chi connectivity index (χ4v) is 2.15. The highest BCUT2D eigenvalue weighted by Gasteiger charge is 2.34. The summed E-state index contributed by atoms with van der Waals surface area (Å²) in [6.45, 7) is 1.54. The average molecular weight is 280 g/mol. The minimum atomic E-state index is -1.29. The Bertz CT molecular complexity index is 588. The monoisotopic (exact) mass is 280 g/mol. The van der Waals surface area contributed by atoms with Gasteiger partial charge in [0.25, 0.3) is 0 Å². The third-order valence-electron chi connectivity index (χ3n) is 3.15. The second-order valence-electron chi connectivity index (χ2n) is 4.50. The van der Waals surface area contributed by atoms with Gasteiger partial charge in [-0.1, -0.05) is 0 Å². The van der Waals surface area contributed by atoms with Gasteiger partial charge in [-0.05, 0) is 31.5 Å². The van der Waals surface area contributed by atoms with Gasteiger partial charge in [0.2, 0.25) is 5.91 Å². The van der Waals surface area contributed by atoms with Crippen LogP contribution in [0.2, 0.25) is 0 Å². The Hall–Kier alpha value is -2.44. The van der Waals surface area contributed by atoms with Crippen molar-refractivity contribution >= 4 is 23.5 Å². The molecule has 1 atom stereocenters. The van der Waals surface area contributed by atoms with Crippen LogP contribution in [0.5, 0.6) is 0 Å². The Balaban J connectivity index is 2.23. The van der Waals surface area contributed by atoms with Crippen molar-refractivity contribution in [3.8, 4) is 0 Å². The number of nitrogens with zero attached hydrogens (tertiary/aromatic N) is 1. The molecule has 1 aromatic carbocycles. The molecule has 1 aliphatic heterocycles. The lowest BCUT2D eigenvalue weighted by atomic mass is 10.1. The molecule has 1 heterocycles. The molecule has 2 N–H and O–H groups in total. The van der Waals surface area contributed by atoms with Crippen molar-refractivity contribution in [2.45, 2.75) is 19.4 Å². The molecule has 1 aliphatic rings. The second kappa shape index (κ2) is 5.28. The molecular formula is C13H13FN2O4. The van der Waals surface area contributed by atoms with Crippen LogP contribution in [0.25, 0.3) is 0 Å². The summed E-state index contributed by atoms with van der Waals surface area (Å²) in [5, 5.41) is 10.7. The summed E-state index contributed by atoms with van der Waals surface area (Å²) in [4.78, 5) is 34.8. The number of rotatable bonds is 3. The summed E-state index contributed by atoms with van der Waals surface area (Å²) in [5.74, 6) is -1.45. The normalized spacial score (nSPS) is 18.2. The number of nitrogens with one attached hydrogen (secondary N) is 1. The number of carbonyl (C=O) groups is 3. The number of hydrogen-bond acceptors (Lipinski definition) is 3. The molecule has 0 aromatic heterocycles. The average Bonchev–Trinajstić information content (AvgIpc) is 2.70. The van der Waals surface area contributed by atoms with Gasteiger partial charge in [0.15, 0.2) is 5.78 Å². The molecule has 0 saturated carbocycles. The highest BCUT2D eigenvalue weighted by atomic mass is 19.1. The molecule has 7 heteroatoms. The zero-order valence-corrected chi connectivity index (χ0v) is 10.7. The highest BCUT2D eigenvalue weighted by molar-refractivity contribution is 6.01. The lowest BCUT2D eigenvalue weighted by Crippen LogP contribution is -2.41. The maximum absolute atomic E-state index is 13.9. The van der Waals surface area contributed by atoms with Gasteiger partial charge in [-0.2, -0.15) is 0 Å². The quantitative estimate of drug-likeness (QED) is 0.819. The zero-order valence-electron chi connectivity index (χ0n) is 10.7. The fraction of sp³-hybridized carbons (Fsp3) is 0.308. The van der Waals surface area contributed by atoms with Crippen molar-refractivity contribution in [2.75, 3.05) is 11.4 Å².